The number of hydrogen-bond donors (Lipinski definition) is 1. The molecule has 0 radical (unpaired) electrons. The van der Waals surface area contributed by atoms with E-state index in [4.69, 9.17) is 10.5 Å². The Labute approximate surface area is 92.4 Å². The fraction of sp³-hybridized carbons (Fsp3) is 0.538. The van der Waals surface area contributed by atoms with Gasteiger partial charge in [0.15, 0.2) is 0 Å². The zero-order chi connectivity index (χ0) is 11.5. The molecule has 1 atom stereocenters. The summed E-state index contributed by atoms with van der Waals surface area (Å²) in [6.45, 7) is 9.10. The molecule has 0 aliphatic heterocycles. The first kappa shape index (κ1) is 12.1. The SMILES string of the molecule is C[C@H](N)COc1ccc(C(C)(C)C)cc1. The molecule has 0 unspecified atom stereocenters. The summed E-state index contributed by atoms with van der Waals surface area (Å²) in [7, 11) is 0. The molecule has 0 heterocycles. The maximum atomic E-state index is 5.61. The van der Waals surface area contributed by atoms with Crippen LogP contribution >= 0.6 is 0 Å². The molecule has 0 spiro atoms. The van der Waals surface area contributed by atoms with Crippen LogP contribution < -0.4 is 10.5 Å². The summed E-state index contributed by atoms with van der Waals surface area (Å²) < 4.78 is 5.51. The first-order chi connectivity index (χ1) is 6.89. The van der Waals surface area contributed by atoms with Gasteiger partial charge in [0, 0.05) is 6.04 Å². The molecule has 2 N–H and O–H groups in total. The van der Waals surface area contributed by atoms with E-state index in [0.717, 1.165) is 5.75 Å². The molecule has 0 aliphatic carbocycles. The molecule has 1 aromatic rings. The molecule has 0 fully saturated rings. The zero-order valence-corrected chi connectivity index (χ0v) is 10.1. The van der Waals surface area contributed by atoms with Crippen LogP contribution in [0.25, 0.3) is 0 Å². The van der Waals surface area contributed by atoms with E-state index < -0.39 is 0 Å². The van der Waals surface area contributed by atoms with E-state index in [2.05, 4.69) is 32.9 Å². The van der Waals surface area contributed by atoms with Crippen LogP contribution in [0.5, 0.6) is 5.75 Å². The molecule has 2 heteroatoms. The fourth-order valence-electron chi connectivity index (χ4n) is 1.28. The lowest BCUT2D eigenvalue weighted by Gasteiger charge is -2.19. The van der Waals surface area contributed by atoms with E-state index in [1.165, 1.54) is 5.56 Å². The molecule has 0 bridgehead atoms. The molecular formula is C13H21NO. The first-order valence-corrected chi connectivity index (χ1v) is 5.38. The fourth-order valence-corrected chi connectivity index (χ4v) is 1.28. The van der Waals surface area contributed by atoms with Crippen LogP contribution in [0.15, 0.2) is 24.3 Å². The van der Waals surface area contributed by atoms with Crippen LogP contribution in [0.1, 0.15) is 33.3 Å². The van der Waals surface area contributed by atoms with Gasteiger partial charge in [0.05, 0.1) is 0 Å². The van der Waals surface area contributed by atoms with Gasteiger partial charge in [-0.05, 0) is 30.0 Å². The van der Waals surface area contributed by atoms with Crippen molar-refractivity contribution in [2.75, 3.05) is 6.61 Å². The van der Waals surface area contributed by atoms with Gasteiger partial charge in [-0.1, -0.05) is 32.9 Å². The summed E-state index contributed by atoms with van der Waals surface area (Å²) in [5, 5.41) is 0. The van der Waals surface area contributed by atoms with E-state index in [-0.39, 0.29) is 11.5 Å². The van der Waals surface area contributed by atoms with Crippen LogP contribution in [0.3, 0.4) is 0 Å². The Balaban J connectivity index is 2.65. The third-order valence-corrected chi connectivity index (χ3v) is 2.23. The van der Waals surface area contributed by atoms with Crippen molar-refractivity contribution in [1.29, 1.82) is 0 Å². The zero-order valence-electron chi connectivity index (χ0n) is 10.1. The van der Waals surface area contributed by atoms with E-state index in [1.54, 1.807) is 0 Å². The lowest BCUT2D eigenvalue weighted by molar-refractivity contribution is 0.296. The quantitative estimate of drug-likeness (QED) is 0.827. The second-order valence-corrected chi connectivity index (χ2v) is 5.06. The highest BCUT2D eigenvalue weighted by Gasteiger charge is 2.12. The van der Waals surface area contributed by atoms with E-state index >= 15 is 0 Å². The van der Waals surface area contributed by atoms with Gasteiger partial charge in [-0.3, -0.25) is 0 Å². The number of ether oxygens (including phenoxy) is 1. The van der Waals surface area contributed by atoms with Gasteiger partial charge in [-0.2, -0.15) is 0 Å². The highest BCUT2D eigenvalue weighted by Crippen LogP contribution is 2.24. The molecule has 0 amide bonds. The van der Waals surface area contributed by atoms with Crippen molar-refractivity contribution >= 4 is 0 Å². The molecule has 1 aromatic carbocycles. The summed E-state index contributed by atoms with van der Waals surface area (Å²) in [6, 6.07) is 8.30. The predicted octanol–water partition coefficient (Wildman–Crippen LogP) is 2.71. The second kappa shape index (κ2) is 4.67. The van der Waals surface area contributed by atoms with Gasteiger partial charge in [0.2, 0.25) is 0 Å². The number of benzene rings is 1. The van der Waals surface area contributed by atoms with Crippen LogP contribution in [0.4, 0.5) is 0 Å². The normalized spacial score (nSPS) is 13.7. The number of nitrogens with two attached hydrogens (primary N) is 1. The largest absolute Gasteiger partial charge is 0.492 e. The molecular weight excluding hydrogens is 186 g/mol. The Morgan fingerprint density at radius 3 is 2.13 bits per heavy atom. The molecule has 0 saturated carbocycles. The van der Waals surface area contributed by atoms with Crippen molar-refractivity contribution in [3.8, 4) is 5.75 Å². The molecule has 0 aliphatic rings. The smallest absolute Gasteiger partial charge is 0.119 e. The maximum absolute atomic E-state index is 5.61. The Morgan fingerprint density at radius 2 is 1.73 bits per heavy atom. The first-order valence-electron chi connectivity index (χ1n) is 5.38. The Kier molecular flexibility index (Phi) is 3.75. The summed E-state index contributed by atoms with van der Waals surface area (Å²) in [6.07, 6.45) is 0. The summed E-state index contributed by atoms with van der Waals surface area (Å²) in [4.78, 5) is 0. The topological polar surface area (TPSA) is 35.2 Å². The average Bonchev–Trinajstić information content (AvgIpc) is 2.14. The van der Waals surface area contributed by atoms with Crippen LogP contribution in [-0.4, -0.2) is 12.6 Å². The maximum Gasteiger partial charge on any atom is 0.119 e. The minimum absolute atomic E-state index is 0.0762. The van der Waals surface area contributed by atoms with Crippen LogP contribution in [0.2, 0.25) is 0 Å². The average molecular weight is 207 g/mol. The molecule has 2 nitrogen and oxygen atoms in total. The summed E-state index contributed by atoms with van der Waals surface area (Å²) in [5.74, 6) is 0.889. The van der Waals surface area contributed by atoms with Crippen molar-refractivity contribution in [3.05, 3.63) is 29.8 Å². The highest BCUT2D eigenvalue weighted by atomic mass is 16.5. The van der Waals surface area contributed by atoms with E-state index in [1.807, 2.05) is 19.1 Å². The molecule has 1 rings (SSSR count). The van der Waals surface area contributed by atoms with Gasteiger partial charge in [-0.15, -0.1) is 0 Å². The van der Waals surface area contributed by atoms with Crippen molar-refractivity contribution in [2.24, 2.45) is 5.73 Å². The van der Waals surface area contributed by atoms with Crippen molar-refractivity contribution in [3.63, 3.8) is 0 Å². The highest BCUT2D eigenvalue weighted by molar-refractivity contribution is 5.31. The van der Waals surface area contributed by atoms with E-state index in [9.17, 15) is 0 Å². The summed E-state index contributed by atoms with van der Waals surface area (Å²) in [5.41, 5.74) is 7.12. The van der Waals surface area contributed by atoms with Gasteiger partial charge in [0.25, 0.3) is 0 Å². The monoisotopic (exact) mass is 207 g/mol. The van der Waals surface area contributed by atoms with Gasteiger partial charge < -0.3 is 10.5 Å². The van der Waals surface area contributed by atoms with E-state index in [0.29, 0.717) is 6.61 Å². The lowest BCUT2D eigenvalue weighted by Crippen LogP contribution is -2.23. The predicted molar refractivity (Wildman–Crippen MR) is 64.3 cm³/mol. The molecule has 84 valence electrons. The third-order valence-electron chi connectivity index (χ3n) is 2.23. The Bertz CT molecular complexity index is 295. The van der Waals surface area contributed by atoms with Gasteiger partial charge >= 0.3 is 0 Å². The number of rotatable bonds is 3. The second-order valence-electron chi connectivity index (χ2n) is 5.06. The number of hydrogen-bond acceptors (Lipinski definition) is 2. The van der Waals surface area contributed by atoms with Crippen molar-refractivity contribution in [1.82, 2.24) is 0 Å². The molecule has 15 heavy (non-hydrogen) atoms. The van der Waals surface area contributed by atoms with Crippen molar-refractivity contribution < 1.29 is 4.74 Å². The van der Waals surface area contributed by atoms with Crippen LogP contribution in [0, 0.1) is 0 Å². The minimum Gasteiger partial charge on any atom is -0.492 e. The third kappa shape index (κ3) is 3.92. The molecule has 0 saturated heterocycles. The lowest BCUT2D eigenvalue weighted by atomic mass is 9.87. The van der Waals surface area contributed by atoms with Crippen LogP contribution in [-0.2, 0) is 5.41 Å². The standard InChI is InChI=1S/C13H21NO/c1-10(14)9-15-12-7-5-11(6-8-12)13(2,3)4/h5-8,10H,9,14H2,1-4H3/t10-/m0/s1. The minimum atomic E-state index is 0.0762. The Morgan fingerprint density at radius 1 is 1.20 bits per heavy atom. The Hall–Kier alpha value is -1.02. The van der Waals surface area contributed by atoms with Gasteiger partial charge in [-0.25, -0.2) is 0 Å². The van der Waals surface area contributed by atoms with Crippen molar-refractivity contribution in [2.45, 2.75) is 39.2 Å². The summed E-state index contributed by atoms with van der Waals surface area (Å²) >= 11 is 0. The van der Waals surface area contributed by atoms with Gasteiger partial charge in [0.1, 0.15) is 12.4 Å². The molecule has 0 aromatic heterocycles.